The highest BCUT2D eigenvalue weighted by molar-refractivity contribution is 9.10. The number of halogens is 1. The third-order valence-electron chi connectivity index (χ3n) is 2.00. The van der Waals surface area contributed by atoms with E-state index < -0.39 is 0 Å². The molecule has 0 radical (unpaired) electrons. The molecule has 0 aliphatic rings. The Bertz CT molecular complexity index is 406. The normalized spacial score (nSPS) is 9.67. The fraction of sp³-hybridized carbons (Fsp3) is 0.333. The van der Waals surface area contributed by atoms with Crippen molar-refractivity contribution in [2.45, 2.75) is 6.92 Å². The van der Waals surface area contributed by atoms with E-state index in [0.717, 1.165) is 4.47 Å². The van der Waals surface area contributed by atoms with E-state index >= 15 is 0 Å². The first kappa shape index (κ1) is 14.5. The number of benzene rings is 1. The molecule has 98 valence electrons. The third-order valence-corrected chi connectivity index (χ3v) is 2.53. The zero-order valence-corrected chi connectivity index (χ0v) is 11.6. The standard InChI is InChI=1S/C12H15BrN2O3/c1-2-14-11(16)7-15-12(17)8-18-10-5-3-9(13)4-6-10/h3-6H,2,7-8H2,1H3,(H,14,16)(H,15,17). The van der Waals surface area contributed by atoms with Gasteiger partial charge in [0.2, 0.25) is 5.91 Å². The van der Waals surface area contributed by atoms with Gasteiger partial charge in [0.15, 0.2) is 6.61 Å². The summed E-state index contributed by atoms with van der Waals surface area (Å²) in [5.41, 5.74) is 0. The van der Waals surface area contributed by atoms with Gasteiger partial charge in [0.25, 0.3) is 5.91 Å². The Kier molecular flexibility index (Phi) is 6.21. The van der Waals surface area contributed by atoms with E-state index in [1.54, 1.807) is 12.1 Å². The SMILES string of the molecule is CCNC(=O)CNC(=O)COc1ccc(Br)cc1. The Morgan fingerprint density at radius 3 is 2.44 bits per heavy atom. The summed E-state index contributed by atoms with van der Waals surface area (Å²) in [6, 6.07) is 7.15. The van der Waals surface area contributed by atoms with E-state index in [-0.39, 0.29) is 25.0 Å². The smallest absolute Gasteiger partial charge is 0.258 e. The van der Waals surface area contributed by atoms with Crippen molar-refractivity contribution in [1.29, 1.82) is 0 Å². The molecular weight excluding hydrogens is 300 g/mol. The summed E-state index contributed by atoms with van der Waals surface area (Å²) in [4.78, 5) is 22.5. The van der Waals surface area contributed by atoms with E-state index in [1.165, 1.54) is 0 Å². The van der Waals surface area contributed by atoms with Crippen LogP contribution in [0.4, 0.5) is 0 Å². The number of carbonyl (C=O) groups excluding carboxylic acids is 2. The first-order valence-electron chi connectivity index (χ1n) is 5.53. The van der Waals surface area contributed by atoms with Crippen molar-refractivity contribution >= 4 is 27.7 Å². The van der Waals surface area contributed by atoms with Crippen molar-refractivity contribution in [2.75, 3.05) is 19.7 Å². The molecule has 0 aliphatic heterocycles. The first-order valence-corrected chi connectivity index (χ1v) is 6.33. The average molecular weight is 315 g/mol. The lowest BCUT2D eigenvalue weighted by Crippen LogP contribution is -2.38. The number of ether oxygens (including phenoxy) is 1. The Balaban J connectivity index is 2.24. The molecule has 2 N–H and O–H groups in total. The molecule has 1 rings (SSSR count). The second kappa shape index (κ2) is 7.71. The van der Waals surface area contributed by atoms with Crippen LogP contribution in [0.5, 0.6) is 5.75 Å². The van der Waals surface area contributed by atoms with Crippen LogP contribution in [-0.2, 0) is 9.59 Å². The number of likely N-dealkylation sites (N-methyl/N-ethyl adjacent to an activating group) is 1. The summed E-state index contributed by atoms with van der Waals surface area (Å²) in [6.07, 6.45) is 0. The van der Waals surface area contributed by atoms with E-state index in [4.69, 9.17) is 4.74 Å². The van der Waals surface area contributed by atoms with E-state index in [0.29, 0.717) is 12.3 Å². The van der Waals surface area contributed by atoms with Gasteiger partial charge in [-0.3, -0.25) is 9.59 Å². The van der Waals surface area contributed by atoms with Crippen LogP contribution in [-0.4, -0.2) is 31.5 Å². The highest BCUT2D eigenvalue weighted by Crippen LogP contribution is 2.15. The summed E-state index contributed by atoms with van der Waals surface area (Å²) < 4.78 is 6.19. The Morgan fingerprint density at radius 1 is 1.17 bits per heavy atom. The zero-order valence-electron chi connectivity index (χ0n) is 10.0. The molecule has 0 atom stereocenters. The summed E-state index contributed by atoms with van der Waals surface area (Å²) in [7, 11) is 0. The maximum absolute atomic E-state index is 11.4. The van der Waals surface area contributed by atoms with Gasteiger partial charge >= 0.3 is 0 Å². The Labute approximate surface area is 114 Å². The minimum absolute atomic E-state index is 0.0314. The number of nitrogens with one attached hydrogen (secondary N) is 2. The predicted octanol–water partition coefficient (Wildman–Crippen LogP) is 1.08. The van der Waals surface area contributed by atoms with E-state index in [1.807, 2.05) is 19.1 Å². The number of hydrogen-bond acceptors (Lipinski definition) is 3. The number of rotatable bonds is 6. The van der Waals surface area contributed by atoms with Gasteiger partial charge in [-0.15, -0.1) is 0 Å². The molecule has 1 aromatic rings. The van der Waals surface area contributed by atoms with Crippen molar-refractivity contribution in [3.63, 3.8) is 0 Å². The molecule has 0 heterocycles. The van der Waals surface area contributed by atoms with Crippen LogP contribution in [0.1, 0.15) is 6.92 Å². The van der Waals surface area contributed by atoms with Gasteiger partial charge in [-0.1, -0.05) is 15.9 Å². The highest BCUT2D eigenvalue weighted by atomic mass is 79.9. The average Bonchev–Trinajstić information content (AvgIpc) is 2.36. The van der Waals surface area contributed by atoms with Crippen molar-refractivity contribution in [3.8, 4) is 5.75 Å². The molecule has 0 saturated heterocycles. The van der Waals surface area contributed by atoms with Gasteiger partial charge in [-0.25, -0.2) is 0 Å². The fourth-order valence-electron chi connectivity index (χ4n) is 1.17. The molecule has 1 aromatic carbocycles. The van der Waals surface area contributed by atoms with Gasteiger partial charge in [-0.05, 0) is 31.2 Å². The topological polar surface area (TPSA) is 67.4 Å². The van der Waals surface area contributed by atoms with Crippen LogP contribution < -0.4 is 15.4 Å². The van der Waals surface area contributed by atoms with Crippen LogP contribution in [0.2, 0.25) is 0 Å². The van der Waals surface area contributed by atoms with Crippen molar-refractivity contribution in [2.24, 2.45) is 0 Å². The van der Waals surface area contributed by atoms with Gasteiger partial charge in [-0.2, -0.15) is 0 Å². The molecule has 0 aromatic heterocycles. The fourth-order valence-corrected chi connectivity index (χ4v) is 1.43. The molecule has 0 bridgehead atoms. The number of amides is 2. The van der Waals surface area contributed by atoms with Gasteiger partial charge < -0.3 is 15.4 Å². The summed E-state index contributed by atoms with van der Waals surface area (Å²) in [5.74, 6) is 0.0602. The molecule has 18 heavy (non-hydrogen) atoms. The van der Waals surface area contributed by atoms with Crippen molar-refractivity contribution in [1.82, 2.24) is 10.6 Å². The number of carbonyl (C=O) groups is 2. The molecule has 0 saturated carbocycles. The molecule has 0 aliphatic carbocycles. The van der Waals surface area contributed by atoms with Crippen molar-refractivity contribution < 1.29 is 14.3 Å². The van der Waals surface area contributed by atoms with Crippen LogP contribution in [0.15, 0.2) is 28.7 Å². The monoisotopic (exact) mass is 314 g/mol. The molecule has 2 amide bonds. The molecule has 5 nitrogen and oxygen atoms in total. The van der Waals surface area contributed by atoms with Crippen LogP contribution in [0.3, 0.4) is 0 Å². The third kappa shape index (κ3) is 5.67. The zero-order chi connectivity index (χ0) is 13.4. The molecule has 0 fully saturated rings. The summed E-state index contributed by atoms with van der Waals surface area (Å²) in [6.45, 7) is 2.22. The van der Waals surface area contributed by atoms with Crippen LogP contribution >= 0.6 is 15.9 Å². The Hall–Kier alpha value is -1.56. The lowest BCUT2D eigenvalue weighted by Gasteiger charge is -2.07. The van der Waals surface area contributed by atoms with Gasteiger partial charge in [0.1, 0.15) is 5.75 Å². The highest BCUT2D eigenvalue weighted by Gasteiger charge is 2.05. The molecule has 0 spiro atoms. The quantitative estimate of drug-likeness (QED) is 0.825. The molecule has 6 heteroatoms. The summed E-state index contributed by atoms with van der Waals surface area (Å²) in [5, 5.41) is 5.04. The Morgan fingerprint density at radius 2 is 1.83 bits per heavy atom. The summed E-state index contributed by atoms with van der Waals surface area (Å²) >= 11 is 3.30. The maximum Gasteiger partial charge on any atom is 0.258 e. The van der Waals surface area contributed by atoms with Gasteiger partial charge in [0.05, 0.1) is 6.54 Å². The van der Waals surface area contributed by atoms with Crippen LogP contribution in [0, 0.1) is 0 Å². The minimum atomic E-state index is -0.329. The lowest BCUT2D eigenvalue weighted by molar-refractivity contribution is -0.127. The molecule has 0 unspecified atom stereocenters. The second-order valence-corrected chi connectivity index (χ2v) is 4.39. The van der Waals surface area contributed by atoms with E-state index in [9.17, 15) is 9.59 Å². The van der Waals surface area contributed by atoms with Crippen molar-refractivity contribution in [3.05, 3.63) is 28.7 Å². The largest absolute Gasteiger partial charge is 0.484 e. The second-order valence-electron chi connectivity index (χ2n) is 3.47. The first-order chi connectivity index (χ1) is 8.61. The minimum Gasteiger partial charge on any atom is -0.484 e. The van der Waals surface area contributed by atoms with Gasteiger partial charge in [0, 0.05) is 11.0 Å². The predicted molar refractivity (Wildman–Crippen MR) is 71.3 cm³/mol. The lowest BCUT2D eigenvalue weighted by atomic mass is 10.3. The number of hydrogen-bond donors (Lipinski definition) is 2. The maximum atomic E-state index is 11.4. The van der Waals surface area contributed by atoms with E-state index in [2.05, 4.69) is 26.6 Å². The van der Waals surface area contributed by atoms with Crippen LogP contribution in [0.25, 0.3) is 0 Å². The molecular formula is C12H15BrN2O3.